The lowest BCUT2D eigenvalue weighted by Gasteiger charge is -2.31. The first-order valence-electron chi connectivity index (χ1n) is 12.0. The number of piperidine rings is 2. The van der Waals surface area contributed by atoms with Crippen LogP contribution >= 0.6 is 23.2 Å². The number of aromatic nitrogens is 2. The van der Waals surface area contributed by atoms with E-state index in [2.05, 4.69) is 32.2 Å². The number of rotatable bonds is 8. The summed E-state index contributed by atoms with van der Waals surface area (Å²) in [5.41, 5.74) is 0.686. The molecule has 0 radical (unpaired) electrons. The lowest BCUT2D eigenvalue weighted by molar-refractivity contribution is -0.126. The standard InChI is InChI=1S/C24H33Cl2N5O2/c1-17-7-12-30(13-8-17)11-3-9-27-24(32)18-4-2-10-31(15-18)16-22-28-23(29-33-22)20-6-5-19(25)14-21(20)26/h5-6,14,17-18H,2-4,7-13,15-16H2,1H3,(H,27,32). The number of benzene rings is 1. The van der Waals surface area contributed by atoms with Gasteiger partial charge in [0.05, 0.1) is 17.5 Å². The second-order valence-corrected chi connectivity index (χ2v) is 10.2. The average molecular weight is 494 g/mol. The van der Waals surface area contributed by atoms with Crippen molar-refractivity contribution in [3.05, 3.63) is 34.1 Å². The van der Waals surface area contributed by atoms with Crippen molar-refractivity contribution in [2.45, 2.75) is 45.6 Å². The van der Waals surface area contributed by atoms with Gasteiger partial charge in [0.1, 0.15) is 0 Å². The summed E-state index contributed by atoms with van der Waals surface area (Å²) in [6, 6.07) is 5.20. The molecule has 1 aromatic heterocycles. The van der Waals surface area contributed by atoms with Crippen molar-refractivity contribution in [1.82, 2.24) is 25.3 Å². The molecule has 2 saturated heterocycles. The minimum Gasteiger partial charge on any atom is -0.356 e. The van der Waals surface area contributed by atoms with Gasteiger partial charge < -0.3 is 14.7 Å². The van der Waals surface area contributed by atoms with Crippen molar-refractivity contribution in [2.24, 2.45) is 11.8 Å². The molecule has 180 valence electrons. The molecule has 1 aromatic carbocycles. The van der Waals surface area contributed by atoms with Crippen LogP contribution in [0.15, 0.2) is 22.7 Å². The molecule has 3 heterocycles. The molecule has 0 aliphatic carbocycles. The first kappa shape index (κ1) is 24.5. The molecule has 2 aromatic rings. The van der Waals surface area contributed by atoms with Crippen LogP contribution in [0.3, 0.4) is 0 Å². The Balaban J connectivity index is 1.21. The van der Waals surface area contributed by atoms with Gasteiger partial charge in [-0.1, -0.05) is 35.3 Å². The van der Waals surface area contributed by atoms with Crippen LogP contribution in [-0.4, -0.2) is 65.1 Å². The molecule has 33 heavy (non-hydrogen) atoms. The fourth-order valence-electron chi connectivity index (χ4n) is 4.65. The maximum absolute atomic E-state index is 12.7. The third-order valence-corrected chi connectivity index (χ3v) is 7.25. The number of carbonyl (C=O) groups is 1. The molecular weight excluding hydrogens is 461 g/mol. The lowest BCUT2D eigenvalue weighted by Crippen LogP contribution is -2.43. The second kappa shape index (κ2) is 11.6. The summed E-state index contributed by atoms with van der Waals surface area (Å²) in [7, 11) is 0. The van der Waals surface area contributed by atoms with Crippen LogP contribution < -0.4 is 5.32 Å². The van der Waals surface area contributed by atoms with Crippen molar-refractivity contribution in [3.8, 4) is 11.4 Å². The van der Waals surface area contributed by atoms with Gasteiger partial charge in [0.15, 0.2) is 0 Å². The fraction of sp³-hybridized carbons (Fsp3) is 0.625. The Morgan fingerprint density at radius 3 is 2.79 bits per heavy atom. The zero-order chi connectivity index (χ0) is 23.2. The average Bonchev–Trinajstić information content (AvgIpc) is 3.26. The summed E-state index contributed by atoms with van der Waals surface area (Å²) in [5, 5.41) is 8.26. The number of hydrogen-bond acceptors (Lipinski definition) is 6. The molecule has 1 atom stereocenters. The fourth-order valence-corrected chi connectivity index (χ4v) is 5.14. The number of carbonyl (C=O) groups excluding carboxylic acids is 1. The van der Waals surface area contributed by atoms with E-state index in [9.17, 15) is 4.79 Å². The van der Waals surface area contributed by atoms with E-state index in [1.165, 1.54) is 25.9 Å². The Bertz CT molecular complexity index is 929. The van der Waals surface area contributed by atoms with Crippen molar-refractivity contribution >= 4 is 29.1 Å². The molecular formula is C24H33Cl2N5O2. The first-order valence-corrected chi connectivity index (χ1v) is 12.7. The summed E-state index contributed by atoms with van der Waals surface area (Å²) >= 11 is 12.2. The van der Waals surface area contributed by atoms with Gasteiger partial charge in [-0.15, -0.1) is 0 Å². The van der Waals surface area contributed by atoms with Crippen molar-refractivity contribution in [2.75, 3.05) is 39.3 Å². The van der Waals surface area contributed by atoms with Crippen LogP contribution in [0.2, 0.25) is 10.0 Å². The highest BCUT2D eigenvalue weighted by Crippen LogP contribution is 2.28. The zero-order valence-corrected chi connectivity index (χ0v) is 20.7. The molecule has 1 unspecified atom stereocenters. The Labute approximate surface area is 205 Å². The third-order valence-electron chi connectivity index (χ3n) is 6.70. The summed E-state index contributed by atoms with van der Waals surface area (Å²) < 4.78 is 5.45. The number of halogens is 2. The van der Waals surface area contributed by atoms with Crippen LogP contribution in [0, 0.1) is 11.8 Å². The highest BCUT2D eigenvalue weighted by atomic mass is 35.5. The van der Waals surface area contributed by atoms with Gasteiger partial charge in [0.25, 0.3) is 0 Å². The van der Waals surface area contributed by atoms with Crippen LogP contribution in [-0.2, 0) is 11.3 Å². The minimum atomic E-state index is 0.00249. The van der Waals surface area contributed by atoms with Gasteiger partial charge in [-0.2, -0.15) is 4.98 Å². The van der Waals surface area contributed by atoms with Gasteiger partial charge in [-0.3, -0.25) is 9.69 Å². The minimum absolute atomic E-state index is 0.00249. The number of nitrogens with zero attached hydrogens (tertiary/aromatic N) is 4. The Morgan fingerprint density at radius 2 is 2.00 bits per heavy atom. The van der Waals surface area contributed by atoms with Gasteiger partial charge >= 0.3 is 0 Å². The smallest absolute Gasteiger partial charge is 0.241 e. The highest BCUT2D eigenvalue weighted by molar-refractivity contribution is 6.36. The van der Waals surface area contributed by atoms with Crippen molar-refractivity contribution in [1.29, 1.82) is 0 Å². The van der Waals surface area contributed by atoms with Gasteiger partial charge in [-0.25, -0.2) is 0 Å². The quantitative estimate of drug-likeness (QED) is 0.545. The van der Waals surface area contributed by atoms with E-state index >= 15 is 0 Å². The van der Waals surface area contributed by atoms with Crippen molar-refractivity contribution < 1.29 is 9.32 Å². The van der Waals surface area contributed by atoms with E-state index in [1.807, 2.05) is 0 Å². The predicted molar refractivity (Wildman–Crippen MR) is 130 cm³/mol. The van der Waals surface area contributed by atoms with E-state index in [0.29, 0.717) is 40.4 Å². The molecule has 7 nitrogen and oxygen atoms in total. The highest BCUT2D eigenvalue weighted by Gasteiger charge is 2.27. The van der Waals surface area contributed by atoms with Crippen molar-refractivity contribution in [3.63, 3.8) is 0 Å². The number of nitrogens with one attached hydrogen (secondary N) is 1. The lowest BCUT2D eigenvalue weighted by atomic mass is 9.97. The molecule has 4 rings (SSSR count). The third kappa shape index (κ3) is 6.92. The molecule has 0 saturated carbocycles. The van der Waals surface area contributed by atoms with E-state index in [4.69, 9.17) is 27.7 Å². The summed E-state index contributed by atoms with van der Waals surface area (Å²) in [4.78, 5) is 21.9. The number of hydrogen-bond donors (Lipinski definition) is 1. The van der Waals surface area contributed by atoms with Crippen LogP contribution in [0.25, 0.3) is 11.4 Å². The molecule has 1 N–H and O–H groups in total. The largest absolute Gasteiger partial charge is 0.356 e. The molecule has 2 fully saturated rings. The van der Waals surface area contributed by atoms with E-state index in [0.717, 1.165) is 44.8 Å². The van der Waals surface area contributed by atoms with E-state index in [1.54, 1.807) is 18.2 Å². The number of amides is 1. The van der Waals surface area contributed by atoms with Gasteiger partial charge in [0.2, 0.25) is 17.6 Å². The summed E-state index contributed by atoms with van der Waals surface area (Å²) in [5.74, 6) is 1.98. The Kier molecular flexibility index (Phi) is 8.63. The molecule has 0 spiro atoms. The maximum atomic E-state index is 12.7. The van der Waals surface area contributed by atoms with E-state index < -0.39 is 0 Å². The van der Waals surface area contributed by atoms with Crippen LogP contribution in [0.1, 0.15) is 44.9 Å². The number of likely N-dealkylation sites (tertiary alicyclic amines) is 2. The maximum Gasteiger partial charge on any atom is 0.241 e. The SMILES string of the molecule is CC1CCN(CCCNC(=O)C2CCCN(Cc3nc(-c4ccc(Cl)cc4Cl)no3)C2)CC1. The molecule has 1 amide bonds. The molecule has 2 aliphatic heterocycles. The normalized spacial score (nSPS) is 20.8. The predicted octanol–water partition coefficient (Wildman–Crippen LogP) is 4.49. The van der Waals surface area contributed by atoms with Gasteiger partial charge in [0, 0.05) is 23.7 Å². The zero-order valence-electron chi connectivity index (χ0n) is 19.2. The van der Waals surface area contributed by atoms with Crippen LogP contribution in [0.5, 0.6) is 0 Å². The first-order chi connectivity index (χ1) is 16.0. The monoisotopic (exact) mass is 493 g/mol. The molecule has 2 aliphatic rings. The van der Waals surface area contributed by atoms with Gasteiger partial charge in [-0.05, 0) is 82.4 Å². The molecule has 0 bridgehead atoms. The Hall–Kier alpha value is -1.67. The summed E-state index contributed by atoms with van der Waals surface area (Å²) in [6.07, 6.45) is 5.49. The van der Waals surface area contributed by atoms with E-state index in [-0.39, 0.29) is 11.8 Å². The van der Waals surface area contributed by atoms with Crippen LogP contribution in [0.4, 0.5) is 0 Å². The molecule has 9 heteroatoms. The summed E-state index contributed by atoms with van der Waals surface area (Å²) in [6.45, 7) is 8.67. The second-order valence-electron chi connectivity index (χ2n) is 9.38. The Morgan fingerprint density at radius 1 is 1.18 bits per heavy atom. The topological polar surface area (TPSA) is 74.5 Å².